The summed E-state index contributed by atoms with van der Waals surface area (Å²) in [6.07, 6.45) is -5.83. The molecule has 0 N–H and O–H groups in total. The average Bonchev–Trinajstić information content (AvgIpc) is 2.24. The Morgan fingerprint density at radius 3 is 2.21 bits per heavy atom. The van der Waals surface area contributed by atoms with Crippen molar-refractivity contribution < 1.29 is 36.0 Å². The van der Waals surface area contributed by atoms with E-state index < -0.39 is 40.9 Å². The maximum atomic E-state index is 12.8. The average molecular weight is 289 g/mol. The third-order valence-corrected chi connectivity index (χ3v) is 1.90. The second-order valence-electron chi connectivity index (χ2n) is 3.39. The van der Waals surface area contributed by atoms with E-state index in [9.17, 15) is 36.5 Å². The first kappa shape index (κ1) is 15.1. The van der Waals surface area contributed by atoms with Crippen LogP contribution in [-0.4, -0.2) is 23.6 Å². The number of alkyl halides is 5. The highest BCUT2D eigenvalue weighted by Crippen LogP contribution is 2.36. The van der Waals surface area contributed by atoms with Crippen molar-refractivity contribution in [1.82, 2.24) is 0 Å². The fourth-order valence-corrected chi connectivity index (χ4v) is 0.992. The van der Waals surface area contributed by atoms with Gasteiger partial charge in [-0.15, -0.1) is 0 Å². The summed E-state index contributed by atoms with van der Waals surface area (Å²) in [6, 6.07) is 1.46. The number of nitro benzene ring substituents is 1. The number of hydrogen-bond donors (Lipinski definition) is 0. The number of halogens is 6. The summed E-state index contributed by atoms with van der Waals surface area (Å²) in [5.41, 5.74) is -0.828. The van der Waals surface area contributed by atoms with Gasteiger partial charge in [0, 0.05) is 6.07 Å². The molecule has 0 aliphatic rings. The molecular formula is C9H5F6NO3. The van der Waals surface area contributed by atoms with E-state index in [0.717, 1.165) is 0 Å². The molecule has 106 valence electrons. The summed E-state index contributed by atoms with van der Waals surface area (Å²) in [6.45, 7) is -2.10. The van der Waals surface area contributed by atoms with Crippen LogP contribution < -0.4 is 4.74 Å². The van der Waals surface area contributed by atoms with E-state index in [4.69, 9.17) is 0 Å². The number of ether oxygens (including phenoxy) is 1. The Labute approximate surface area is 101 Å². The van der Waals surface area contributed by atoms with Gasteiger partial charge in [-0.2, -0.15) is 22.0 Å². The predicted molar refractivity (Wildman–Crippen MR) is 49.6 cm³/mol. The standard InChI is InChI=1S/C9H5F6NO3/c10-5-1-6(16(17)18)3-7(2-5)19-4-8(11,12)9(13,14)15/h1-3H,4H2. The lowest BCUT2D eigenvalue weighted by Gasteiger charge is -2.19. The number of nitrogens with zero attached hydrogens (tertiary/aromatic N) is 1. The van der Waals surface area contributed by atoms with Gasteiger partial charge in [0.1, 0.15) is 11.6 Å². The Bertz CT molecular complexity index is 487. The van der Waals surface area contributed by atoms with Crippen molar-refractivity contribution in [3.63, 3.8) is 0 Å². The first-order chi connectivity index (χ1) is 8.53. The van der Waals surface area contributed by atoms with E-state index in [-0.39, 0.29) is 0 Å². The maximum absolute atomic E-state index is 12.8. The minimum Gasteiger partial charge on any atom is -0.487 e. The predicted octanol–water partition coefficient (Wildman–Crippen LogP) is 3.31. The molecule has 0 saturated carbocycles. The number of benzene rings is 1. The second-order valence-corrected chi connectivity index (χ2v) is 3.39. The van der Waals surface area contributed by atoms with Gasteiger partial charge in [-0.25, -0.2) is 4.39 Å². The molecule has 0 amide bonds. The Balaban J connectivity index is 2.87. The molecule has 0 saturated heterocycles. The SMILES string of the molecule is O=[N+]([O-])c1cc(F)cc(OCC(F)(F)C(F)(F)F)c1. The van der Waals surface area contributed by atoms with E-state index in [2.05, 4.69) is 4.74 Å². The molecule has 10 heteroatoms. The van der Waals surface area contributed by atoms with Gasteiger partial charge in [0.15, 0.2) is 6.61 Å². The highest BCUT2D eigenvalue weighted by molar-refractivity contribution is 5.38. The summed E-state index contributed by atoms with van der Waals surface area (Å²) in [7, 11) is 0. The monoisotopic (exact) mass is 289 g/mol. The lowest BCUT2D eigenvalue weighted by Crippen LogP contribution is -2.41. The molecule has 1 rings (SSSR count). The molecule has 0 aliphatic heterocycles. The van der Waals surface area contributed by atoms with Crippen molar-refractivity contribution in [3.05, 3.63) is 34.1 Å². The first-order valence-electron chi connectivity index (χ1n) is 4.55. The van der Waals surface area contributed by atoms with Gasteiger partial charge in [0.25, 0.3) is 5.69 Å². The Kier molecular flexibility index (Phi) is 3.91. The van der Waals surface area contributed by atoms with Crippen LogP contribution in [0.4, 0.5) is 32.0 Å². The summed E-state index contributed by atoms with van der Waals surface area (Å²) in [4.78, 5) is 9.28. The molecule has 1 aromatic rings. The normalized spacial score (nSPS) is 12.3. The molecule has 4 nitrogen and oxygen atoms in total. The van der Waals surface area contributed by atoms with E-state index >= 15 is 0 Å². The molecule has 0 spiro atoms. The van der Waals surface area contributed by atoms with Crippen molar-refractivity contribution >= 4 is 5.69 Å². The fourth-order valence-electron chi connectivity index (χ4n) is 0.992. The molecule has 19 heavy (non-hydrogen) atoms. The topological polar surface area (TPSA) is 52.4 Å². The van der Waals surface area contributed by atoms with Crippen LogP contribution in [0.1, 0.15) is 0 Å². The minimum absolute atomic E-state index is 0.458. The maximum Gasteiger partial charge on any atom is 0.456 e. The molecule has 0 unspecified atom stereocenters. The molecule has 0 fully saturated rings. The fraction of sp³-hybridized carbons (Fsp3) is 0.333. The van der Waals surface area contributed by atoms with Crippen molar-refractivity contribution in [2.75, 3.05) is 6.61 Å². The Morgan fingerprint density at radius 2 is 1.74 bits per heavy atom. The van der Waals surface area contributed by atoms with E-state index in [1.54, 1.807) is 0 Å². The Morgan fingerprint density at radius 1 is 1.16 bits per heavy atom. The van der Waals surface area contributed by atoms with Crippen LogP contribution in [0.2, 0.25) is 0 Å². The first-order valence-corrected chi connectivity index (χ1v) is 4.55. The molecular weight excluding hydrogens is 284 g/mol. The van der Waals surface area contributed by atoms with Crippen molar-refractivity contribution in [2.24, 2.45) is 0 Å². The van der Waals surface area contributed by atoms with Crippen LogP contribution in [0.5, 0.6) is 5.75 Å². The second kappa shape index (κ2) is 4.94. The molecule has 0 aromatic heterocycles. The van der Waals surface area contributed by atoms with Crippen LogP contribution in [0, 0.1) is 15.9 Å². The summed E-state index contributed by atoms with van der Waals surface area (Å²) in [5.74, 6) is -7.14. The zero-order valence-corrected chi connectivity index (χ0v) is 8.88. The summed E-state index contributed by atoms with van der Waals surface area (Å²) < 4.78 is 77.3. The smallest absolute Gasteiger partial charge is 0.456 e. The van der Waals surface area contributed by atoms with Gasteiger partial charge >= 0.3 is 12.1 Å². The van der Waals surface area contributed by atoms with Crippen LogP contribution >= 0.6 is 0 Å². The van der Waals surface area contributed by atoms with Crippen LogP contribution in [0.15, 0.2) is 18.2 Å². The van der Waals surface area contributed by atoms with E-state index in [1.165, 1.54) is 0 Å². The number of non-ortho nitro benzene ring substituents is 1. The largest absolute Gasteiger partial charge is 0.487 e. The lowest BCUT2D eigenvalue weighted by atomic mass is 10.3. The van der Waals surface area contributed by atoms with Crippen LogP contribution in [0.3, 0.4) is 0 Å². The molecule has 0 aliphatic carbocycles. The lowest BCUT2D eigenvalue weighted by molar-refractivity contribution is -0.385. The molecule has 0 heterocycles. The summed E-state index contributed by atoms with van der Waals surface area (Å²) in [5, 5.41) is 10.3. The number of hydrogen-bond acceptors (Lipinski definition) is 3. The van der Waals surface area contributed by atoms with Gasteiger partial charge in [-0.3, -0.25) is 10.1 Å². The highest BCUT2D eigenvalue weighted by atomic mass is 19.4. The third-order valence-electron chi connectivity index (χ3n) is 1.90. The van der Waals surface area contributed by atoms with Crippen LogP contribution in [0.25, 0.3) is 0 Å². The quantitative estimate of drug-likeness (QED) is 0.485. The summed E-state index contributed by atoms with van der Waals surface area (Å²) >= 11 is 0. The van der Waals surface area contributed by atoms with Gasteiger partial charge in [0.05, 0.1) is 17.1 Å². The number of nitro groups is 1. The van der Waals surface area contributed by atoms with Crippen LogP contribution in [-0.2, 0) is 0 Å². The molecule has 0 atom stereocenters. The van der Waals surface area contributed by atoms with Gasteiger partial charge in [-0.1, -0.05) is 0 Å². The Hall–Kier alpha value is -2.00. The highest BCUT2D eigenvalue weighted by Gasteiger charge is 2.58. The van der Waals surface area contributed by atoms with Gasteiger partial charge in [-0.05, 0) is 0 Å². The molecule has 0 bridgehead atoms. The van der Waals surface area contributed by atoms with Crippen molar-refractivity contribution in [2.45, 2.75) is 12.1 Å². The molecule has 0 radical (unpaired) electrons. The third kappa shape index (κ3) is 3.73. The molecule has 1 aromatic carbocycles. The van der Waals surface area contributed by atoms with Gasteiger partial charge in [0.2, 0.25) is 0 Å². The van der Waals surface area contributed by atoms with E-state index in [0.29, 0.717) is 18.2 Å². The van der Waals surface area contributed by atoms with Gasteiger partial charge < -0.3 is 4.74 Å². The van der Waals surface area contributed by atoms with Crippen molar-refractivity contribution in [1.29, 1.82) is 0 Å². The zero-order valence-electron chi connectivity index (χ0n) is 8.88. The number of rotatable bonds is 4. The zero-order chi connectivity index (χ0) is 14.8. The van der Waals surface area contributed by atoms with E-state index in [1.807, 2.05) is 0 Å². The van der Waals surface area contributed by atoms with Crippen molar-refractivity contribution in [3.8, 4) is 5.75 Å². The minimum atomic E-state index is -5.83.